The monoisotopic (exact) mass is 366 g/mol. The van der Waals surface area contributed by atoms with E-state index in [2.05, 4.69) is 10.5 Å². The van der Waals surface area contributed by atoms with E-state index < -0.39 is 0 Å². The zero-order chi connectivity index (χ0) is 14.9. The van der Waals surface area contributed by atoms with E-state index in [-0.39, 0.29) is 24.8 Å². The van der Waals surface area contributed by atoms with E-state index in [0.717, 1.165) is 25.9 Å². The fourth-order valence-corrected chi connectivity index (χ4v) is 2.23. The van der Waals surface area contributed by atoms with Crippen molar-refractivity contribution in [2.45, 2.75) is 58.0 Å². The minimum Gasteiger partial charge on any atom is -1.00 e. The molecule has 2 heterocycles. The molecule has 0 bridgehead atoms. The molecule has 0 amide bonds. The molecule has 0 saturated carbocycles. The van der Waals surface area contributed by atoms with Crippen molar-refractivity contribution >= 4 is 11.8 Å². The predicted molar refractivity (Wildman–Crippen MR) is 74.5 cm³/mol. The predicted octanol–water partition coefficient (Wildman–Crippen LogP) is -5.16. The number of hydrogen-bond donors (Lipinski definition) is 2. The maximum atomic E-state index is 5.45. The van der Waals surface area contributed by atoms with Crippen LogP contribution in [0.25, 0.3) is 0 Å². The molecule has 0 saturated heterocycles. The third-order valence-electron chi connectivity index (χ3n) is 3.33. The van der Waals surface area contributed by atoms with Crippen LogP contribution in [0.15, 0.2) is 21.4 Å². The Labute approximate surface area is 147 Å². The highest BCUT2D eigenvalue weighted by Crippen LogP contribution is 2.07. The molecule has 2 rings (SSSR count). The highest BCUT2D eigenvalue weighted by Gasteiger charge is 2.08. The van der Waals surface area contributed by atoms with Crippen LogP contribution < -0.4 is 45.6 Å². The third-order valence-corrected chi connectivity index (χ3v) is 3.33. The van der Waals surface area contributed by atoms with Gasteiger partial charge in [-0.1, -0.05) is 28.6 Å². The van der Waals surface area contributed by atoms with Crippen molar-refractivity contribution < 1.29 is 43.2 Å². The number of aromatic nitrogens is 4. The van der Waals surface area contributed by atoms with Crippen molar-refractivity contribution in [1.29, 1.82) is 0 Å². The van der Waals surface area contributed by atoms with Gasteiger partial charge in [0.05, 0.1) is 0 Å². The summed E-state index contributed by atoms with van der Waals surface area (Å²) in [5.74, 6) is 0.725. The van der Waals surface area contributed by atoms with Crippen molar-refractivity contribution in [3.8, 4) is 0 Å². The summed E-state index contributed by atoms with van der Waals surface area (Å²) >= 11 is 0. The summed E-state index contributed by atoms with van der Waals surface area (Å²) in [6.45, 7) is 1.73. The molecule has 0 aromatic carbocycles. The lowest BCUT2D eigenvalue weighted by Gasteiger charge is -1.98. The molecule has 132 valence electrons. The number of hydrogen-bond acceptors (Lipinski definition) is 6. The Kier molecular flexibility index (Phi) is 11.2. The first-order chi connectivity index (χ1) is 10.2. The SMILES string of the molecule is Nc1c[n+](CCCCCCCCC[n+]2cc(N)on2)no1.[Cl-].[Cl-]. The van der Waals surface area contributed by atoms with Crippen molar-refractivity contribution in [3.05, 3.63) is 12.4 Å². The van der Waals surface area contributed by atoms with Crippen molar-refractivity contribution in [2.24, 2.45) is 0 Å². The van der Waals surface area contributed by atoms with Crippen molar-refractivity contribution in [2.75, 3.05) is 11.5 Å². The van der Waals surface area contributed by atoms with Gasteiger partial charge >= 0.3 is 0 Å². The second-order valence-corrected chi connectivity index (χ2v) is 5.21. The lowest BCUT2D eigenvalue weighted by Crippen LogP contribution is -3.00. The third kappa shape index (κ3) is 8.61. The average Bonchev–Trinajstić information content (AvgIpc) is 3.06. The van der Waals surface area contributed by atoms with Gasteiger partial charge in [-0.25, -0.2) is 0 Å². The number of nitrogens with zero attached hydrogens (tertiary/aromatic N) is 4. The number of halogens is 2. The second-order valence-electron chi connectivity index (χ2n) is 5.21. The highest BCUT2D eigenvalue weighted by atomic mass is 35.5. The molecule has 0 aliphatic rings. The van der Waals surface area contributed by atoms with Gasteiger partial charge in [0, 0.05) is 12.8 Å². The van der Waals surface area contributed by atoms with Crippen LogP contribution in [0.2, 0.25) is 0 Å². The number of anilines is 2. The van der Waals surface area contributed by atoms with Gasteiger partial charge < -0.3 is 36.3 Å². The van der Waals surface area contributed by atoms with Crippen LogP contribution in [-0.4, -0.2) is 10.5 Å². The van der Waals surface area contributed by atoms with Crippen LogP contribution in [0.4, 0.5) is 11.8 Å². The normalized spacial score (nSPS) is 10.1. The summed E-state index contributed by atoms with van der Waals surface area (Å²) in [6.07, 6.45) is 11.8. The summed E-state index contributed by atoms with van der Waals surface area (Å²) < 4.78 is 13.1. The molecule has 0 spiro atoms. The van der Waals surface area contributed by atoms with E-state index in [9.17, 15) is 0 Å². The van der Waals surface area contributed by atoms with Gasteiger partial charge in [-0.3, -0.25) is 9.05 Å². The molecule has 0 fully saturated rings. The lowest BCUT2D eigenvalue weighted by molar-refractivity contribution is -0.762. The largest absolute Gasteiger partial charge is 1.00 e. The summed E-state index contributed by atoms with van der Waals surface area (Å²) in [6, 6.07) is 0. The van der Waals surface area contributed by atoms with Crippen LogP contribution in [0.1, 0.15) is 44.9 Å². The summed E-state index contributed by atoms with van der Waals surface area (Å²) in [4.78, 5) is 0. The molecule has 2 aromatic heterocycles. The minimum absolute atomic E-state index is 0. The lowest BCUT2D eigenvalue weighted by atomic mass is 10.1. The first-order valence-corrected chi connectivity index (χ1v) is 7.48. The Hall–Kier alpha value is -1.54. The topological polar surface area (TPSA) is 112 Å². The molecule has 0 atom stereocenters. The minimum atomic E-state index is 0. The fraction of sp³-hybridized carbons (Fsp3) is 0.692. The molecule has 23 heavy (non-hydrogen) atoms. The molecule has 8 nitrogen and oxygen atoms in total. The molecule has 0 aliphatic heterocycles. The van der Waals surface area contributed by atoms with Gasteiger partial charge in [0.1, 0.15) is 0 Å². The number of nitrogens with two attached hydrogens (primary N) is 2. The van der Waals surface area contributed by atoms with Gasteiger partial charge in [-0.05, 0) is 12.8 Å². The molecule has 4 N–H and O–H groups in total. The van der Waals surface area contributed by atoms with Crippen LogP contribution in [0.3, 0.4) is 0 Å². The highest BCUT2D eigenvalue weighted by molar-refractivity contribution is 5.11. The first kappa shape index (κ1) is 21.5. The summed E-state index contributed by atoms with van der Waals surface area (Å²) in [5.41, 5.74) is 10.9. The zero-order valence-electron chi connectivity index (χ0n) is 13.0. The first-order valence-electron chi connectivity index (χ1n) is 7.48. The maximum absolute atomic E-state index is 5.45. The maximum Gasteiger partial charge on any atom is 0.293 e. The van der Waals surface area contributed by atoms with E-state index in [1.807, 2.05) is 0 Å². The summed E-state index contributed by atoms with van der Waals surface area (Å²) in [5, 5.41) is 7.59. The second kappa shape index (κ2) is 12.0. The van der Waals surface area contributed by atoms with Crippen LogP contribution in [0, 0.1) is 0 Å². The van der Waals surface area contributed by atoms with Gasteiger partial charge in [0.2, 0.25) is 10.5 Å². The molecule has 2 aromatic rings. The summed E-state index contributed by atoms with van der Waals surface area (Å²) in [7, 11) is 0. The smallest absolute Gasteiger partial charge is 0.293 e. The quantitative estimate of drug-likeness (QED) is 0.321. The Bertz CT molecular complexity index is 488. The van der Waals surface area contributed by atoms with Crippen molar-refractivity contribution in [3.63, 3.8) is 0 Å². The van der Waals surface area contributed by atoms with Crippen molar-refractivity contribution in [1.82, 2.24) is 10.5 Å². The van der Waals surface area contributed by atoms with Crippen LogP contribution >= 0.6 is 0 Å². The number of aryl methyl sites for hydroxylation is 2. The van der Waals surface area contributed by atoms with E-state index in [1.165, 1.54) is 32.1 Å². The number of nitrogen functional groups attached to an aromatic ring is 2. The van der Waals surface area contributed by atoms with Crippen LogP contribution in [0.5, 0.6) is 0 Å². The van der Waals surface area contributed by atoms with Gasteiger partial charge in [0.25, 0.3) is 24.2 Å². The Morgan fingerprint density at radius 3 is 1.35 bits per heavy atom. The Morgan fingerprint density at radius 1 is 0.696 bits per heavy atom. The molecule has 0 unspecified atom stereocenters. The van der Waals surface area contributed by atoms with E-state index in [4.69, 9.17) is 20.5 Å². The zero-order valence-corrected chi connectivity index (χ0v) is 14.5. The molecule has 10 heteroatoms. The van der Waals surface area contributed by atoms with Crippen LogP contribution in [-0.2, 0) is 13.1 Å². The van der Waals surface area contributed by atoms with E-state index >= 15 is 0 Å². The molecule has 0 radical (unpaired) electrons. The average molecular weight is 367 g/mol. The molecule has 0 aliphatic carbocycles. The Morgan fingerprint density at radius 2 is 1.04 bits per heavy atom. The van der Waals surface area contributed by atoms with E-state index in [0.29, 0.717) is 11.8 Å². The standard InChI is InChI=1S/C13H24N6O2.2ClH/c14-12-10-18(16-20-12)8-6-4-2-1-3-5-7-9-19-11-13(15)21-17-19;;/h10-11H,1-9,14-15H2;2*1H/q+2;;/p-2. The fourth-order valence-electron chi connectivity index (χ4n) is 2.23. The Balaban J connectivity index is 0.00000242. The number of unbranched alkanes of at least 4 members (excludes halogenated alkanes) is 6. The van der Waals surface area contributed by atoms with E-state index in [1.54, 1.807) is 21.8 Å². The molecular weight excluding hydrogens is 343 g/mol. The number of rotatable bonds is 10. The molecular formula is C13H24Cl2N6O2. The van der Waals surface area contributed by atoms with Gasteiger partial charge in [-0.15, -0.1) is 0 Å². The van der Waals surface area contributed by atoms with Gasteiger partial charge in [-0.2, -0.15) is 0 Å². The van der Waals surface area contributed by atoms with Gasteiger partial charge in [0.15, 0.2) is 13.1 Å².